The van der Waals surface area contributed by atoms with Crippen molar-refractivity contribution in [3.8, 4) is 0 Å². The minimum atomic E-state index is 0.422. The fraction of sp³-hybridized carbons (Fsp3) is 0.636. The summed E-state index contributed by atoms with van der Waals surface area (Å²) in [6.45, 7) is 9.05. The van der Waals surface area contributed by atoms with Crippen LogP contribution >= 0.6 is 0 Å². The molecule has 0 saturated carbocycles. The Kier molecular flexibility index (Phi) is 3.44. The largest absolute Gasteiger partial charge is 0.314 e. The summed E-state index contributed by atoms with van der Waals surface area (Å²) in [6.07, 6.45) is 2.28. The van der Waals surface area contributed by atoms with Gasteiger partial charge in [0.2, 0.25) is 5.62 Å². The van der Waals surface area contributed by atoms with Crippen molar-refractivity contribution in [2.24, 2.45) is 0 Å². The predicted molar refractivity (Wildman–Crippen MR) is 57.2 cm³/mol. The lowest BCUT2D eigenvalue weighted by Crippen LogP contribution is -2.24. The molecule has 1 aliphatic rings. The molecule has 78 valence electrons. The first kappa shape index (κ1) is 11.0. The Morgan fingerprint density at radius 3 is 2.57 bits per heavy atom. The molecule has 0 unspecified atom stereocenters. The Labute approximate surface area is 85.3 Å². The zero-order valence-corrected chi connectivity index (χ0v) is 9.52. The van der Waals surface area contributed by atoms with Gasteiger partial charge in [0.15, 0.2) is 0 Å². The highest BCUT2D eigenvalue weighted by atomic mass is 15.1. The van der Waals surface area contributed by atoms with Crippen LogP contribution in [0.5, 0.6) is 0 Å². The monoisotopic (exact) mass is 193 g/mol. The van der Waals surface area contributed by atoms with Crippen molar-refractivity contribution >= 4 is 0 Å². The van der Waals surface area contributed by atoms with E-state index in [1.54, 1.807) is 0 Å². The highest BCUT2D eigenvalue weighted by Gasteiger charge is 2.14. The second kappa shape index (κ2) is 4.40. The van der Waals surface area contributed by atoms with E-state index in [0.29, 0.717) is 5.62 Å². The average Bonchev–Trinajstić information content (AvgIpc) is 2.67. The number of hydrogen-bond donors (Lipinski definition) is 1. The third-order valence-electron chi connectivity index (χ3n) is 2.63. The first-order valence-corrected chi connectivity index (χ1v) is 5.31. The van der Waals surface area contributed by atoms with Gasteiger partial charge in [-0.05, 0) is 32.3 Å². The molecule has 1 aliphatic heterocycles. The maximum atomic E-state index is 7.64. The van der Waals surface area contributed by atoms with E-state index in [1.807, 2.05) is 25.3 Å². The van der Waals surface area contributed by atoms with E-state index in [1.165, 1.54) is 11.3 Å². The summed E-state index contributed by atoms with van der Waals surface area (Å²) in [5, 5.41) is 7.64. The third kappa shape index (κ3) is 1.72. The highest BCUT2D eigenvalue weighted by molar-refractivity contribution is 5.24. The Bertz CT molecular complexity index is 377. The van der Waals surface area contributed by atoms with Crippen LogP contribution in [0.4, 0.5) is 0 Å². The SMILES string of the molecule is CC.Cc1nc(=N)n2c(c1C)CCC2. The number of rotatable bonds is 0. The molecule has 0 aromatic carbocycles. The summed E-state index contributed by atoms with van der Waals surface area (Å²) < 4.78 is 2.02. The topological polar surface area (TPSA) is 41.7 Å². The molecule has 0 radical (unpaired) electrons. The number of aryl methyl sites for hydroxylation is 1. The summed E-state index contributed by atoms with van der Waals surface area (Å²) in [7, 11) is 0. The molecule has 1 aromatic heterocycles. The van der Waals surface area contributed by atoms with Crippen molar-refractivity contribution in [1.29, 1.82) is 5.41 Å². The van der Waals surface area contributed by atoms with Crippen molar-refractivity contribution in [3.05, 3.63) is 22.6 Å². The van der Waals surface area contributed by atoms with Gasteiger partial charge in [-0.1, -0.05) is 13.8 Å². The smallest absolute Gasteiger partial charge is 0.222 e. The van der Waals surface area contributed by atoms with Gasteiger partial charge >= 0.3 is 0 Å². The van der Waals surface area contributed by atoms with Gasteiger partial charge in [0, 0.05) is 17.9 Å². The first-order valence-electron chi connectivity index (χ1n) is 5.31. The van der Waals surface area contributed by atoms with Crippen LogP contribution in [0.15, 0.2) is 0 Å². The first-order chi connectivity index (χ1) is 6.70. The highest BCUT2D eigenvalue weighted by Crippen LogP contribution is 2.16. The van der Waals surface area contributed by atoms with E-state index in [2.05, 4.69) is 11.9 Å². The Hall–Kier alpha value is -1.12. The molecule has 0 atom stereocenters. The molecule has 1 N–H and O–H groups in total. The van der Waals surface area contributed by atoms with Crippen molar-refractivity contribution in [2.75, 3.05) is 0 Å². The number of nitrogens with one attached hydrogen (secondary N) is 1. The summed E-state index contributed by atoms with van der Waals surface area (Å²) in [4.78, 5) is 4.17. The van der Waals surface area contributed by atoms with Crippen molar-refractivity contribution < 1.29 is 0 Å². The van der Waals surface area contributed by atoms with Gasteiger partial charge in [0.1, 0.15) is 0 Å². The summed E-state index contributed by atoms with van der Waals surface area (Å²) >= 11 is 0. The Balaban J connectivity index is 0.000000461. The molecular weight excluding hydrogens is 174 g/mol. The third-order valence-corrected chi connectivity index (χ3v) is 2.63. The number of nitrogens with zero attached hydrogens (tertiary/aromatic N) is 2. The minimum Gasteiger partial charge on any atom is -0.314 e. The van der Waals surface area contributed by atoms with E-state index in [-0.39, 0.29) is 0 Å². The lowest BCUT2D eigenvalue weighted by atomic mass is 10.1. The molecule has 0 fully saturated rings. The van der Waals surface area contributed by atoms with Gasteiger partial charge in [-0.15, -0.1) is 0 Å². The normalized spacial score (nSPS) is 13.1. The maximum Gasteiger partial charge on any atom is 0.222 e. The van der Waals surface area contributed by atoms with Crippen molar-refractivity contribution in [3.63, 3.8) is 0 Å². The minimum absolute atomic E-state index is 0.422. The van der Waals surface area contributed by atoms with Crippen LogP contribution in [0.1, 0.15) is 37.2 Å². The van der Waals surface area contributed by atoms with Gasteiger partial charge in [-0.2, -0.15) is 0 Å². The summed E-state index contributed by atoms with van der Waals surface area (Å²) in [5.41, 5.74) is 4.01. The molecule has 2 heterocycles. The quantitative estimate of drug-likeness (QED) is 0.672. The van der Waals surface area contributed by atoms with Crippen LogP contribution in [-0.2, 0) is 13.0 Å². The average molecular weight is 193 g/mol. The maximum absolute atomic E-state index is 7.64. The molecule has 3 heteroatoms. The van der Waals surface area contributed by atoms with E-state index in [0.717, 1.165) is 25.1 Å². The van der Waals surface area contributed by atoms with Crippen LogP contribution in [-0.4, -0.2) is 9.55 Å². The van der Waals surface area contributed by atoms with Gasteiger partial charge in [-0.25, -0.2) is 4.98 Å². The number of fused-ring (bicyclic) bond motifs is 1. The van der Waals surface area contributed by atoms with E-state index < -0.39 is 0 Å². The molecule has 14 heavy (non-hydrogen) atoms. The fourth-order valence-electron chi connectivity index (χ4n) is 1.81. The second-order valence-corrected chi connectivity index (χ2v) is 3.35. The number of aromatic nitrogens is 2. The zero-order valence-electron chi connectivity index (χ0n) is 9.52. The van der Waals surface area contributed by atoms with E-state index >= 15 is 0 Å². The zero-order chi connectivity index (χ0) is 10.7. The standard InChI is InChI=1S/C9H13N3.C2H6/c1-6-7(2)11-9(10)12-5-3-4-8(6)12;1-2/h10H,3-5H2,1-2H3;1-2H3. The molecule has 0 aliphatic carbocycles. The number of hydrogen-bond acceptors (Lipinski definition) is 2. The lowest BCUT2D eigenvalue weighted by molar-refractivity contribution is 0.663. The molecule has 0 saturated heterocycles. The molecule has 3 nitrogen and oxygen atoms in total. The molecule has 0 spiro atoms. The van der Waals surface area contributed by atoms with Gasteiger partial charge in [0.25, 0.3) is 0 Å². The van der Waals surface area contributed by atoms with Crippen LogP contribution in [0.2, 0.25) is 0 Å². The van der Waals surface area contributed by atoms with E-state index in [4.69, 9.17) is 5.41 Å². The van der Waals surface area contributed by atoms with Gasteiger partial charge in [0.05, 0.1) is 0 Å². The molecule has 0 bridgehead atoms. The van der Waals surface area contributed by atoms with Crippen LogP contribution < -0.4 is 5.62 Å². The summed E-state index contributed by atoms with van der Waals surface area (Å²) in [6, 6.07) is 0. The summed E-state index contributed by atoms with van der Waals surface area (Å²) in [5.74, 6) is 0. The lowest BCUT2D eigenvalue weighted by Gasteiger charge is -2.08. The Morgan fingerprint density at radius 2 is 1.93 bits per heavy atom. The Morgan fingerprint density at radius 1 is 1.29 bits per heavy atom. The molecule has 0 amide bonds. The van der Waals surface area contributed by atoms with Crippen molar-refractivity contribution in [1.82, 2.24) is 9.55 Å². The van der Waals surface area contributed by atoms with Crippen molar-refractivity contribution in [2.45, 2.75) is 47.1 Å². The van der Waals surface area contributed by atoms with Crippen LogP contribution in [0.3, 0.4) is 0 Å². The molecule has 2 rings (SSSR count). The fourth-order valence-corrected chi connectivity index (χ4v) is 1.81. The molecule has 1 aromatic rings. The van der Waals surface area contributed by atoms with Crippen LogP contribution in [0, 0.1) is 19.3 Å². The second-order valence-electron chi connectivity index (χ2n) is 3.35. The van der Waals surface area contributed by atoms with Crippen LogP contribution in [0.25, 0.3) is 0 Å². The van der Waals surface area contributed by atoms with Gasteiger partial charge < -0.3 is 4.57 Å². The van der Waals surface area contributed by atoms with E-state index in [9.17, 15) is 0 Å². The predicted octanol–water partition coefficient (Wildman–Crippen LogP) is 1.95. The van der Waals surface area contributed by atoms with Gasteiger partial charge in [-0.3, -0.25) is 5.41 Å². The molecular formula is C11H19N3.